The second kappa shape index (κ2) is 5.69. The molecule has 0 aliphatic carbocycles. The van der Waals surface area contributed by atoms with Crippen molar-refractivity contribution in [2.45, 2.75) is 6.54 Å². The molecule has 1 heterocycles. The summed E-state index contributed by atoms with van der Waals surface area (Å²) in [4.78, 5) is 13.5. The molecule has 0 aliphatic rings. The van der Waals surface area contributed by atoms with Crippen LogP contribution in [-0.4, -0.2) is 20.4 Å². The van der Waals surface area contributed by atoms with Gasteiger partial charge in [-0.3, -0.25) is 4.79 Å². The number of rotatable bonds is 5. The first kappa shape index (κ1) is 12.6. The van der Waals surface area contributed by atoms with Crippen LogP contribution >= 0.6 is 11.3 Å². The third-order valence-corrected chi connectivity index (χ3v) is 3.61. The van der Waals surface area contributed by atoms with E-state index in [9.17, 15) is 4.79 Å². The van der Waals surface area contributed by atoms with Gasteiger partial charge in [-0.2, -0.15) is 0 Å². The van der Waals surface area contributed by atoms with Crippen molar-refractivity contribution in [1.82, 2.24) is 0 Å². The number of carbonyl (C=O) groups excluding carboxylic acids is 1. The fourth-order valence-corrected chi connectivity index (χ4v) is 2.53. The van der Waals surface area contributed by atoms with Gasteiger partial charge in [0, 0.05) is 30.2 Å². The van der Waals surface area contributed by atoms with Gasteiger partial charge in [-0.25, -0.2) is 0 Å². The van der Waals surface area contributed by atoms with Crippen molar-refractivity contribution >= 4 is 23.3 Å². The third kappa shape index (κ3) is 2.71. The molecular weight excluding hydrogens is 246 g/mol. The summed E-state index contributed by atoms with van der Waals surface area (Å²) in [5.74, 6) is 0.884. The Kier molecular flexibility index (Phi) is 3.99. The fourth-order valence-electron chi connectivity index (χ4n) is 1.78. The summed E-state index contributed by atoms with van der Waals surface area (Å²) < 4.78 is 5.33. The predicted octanol–water partition coefficient (Wildman–Crippen LogP) is 3.21. The van der Waals surface area contributed by atoms with Gasteiger partial charge < -0.3 is 9.64 Å². The van der Waals surface area contributed by atoms with E-state index in [2.05, 4.69) is 4.90 Å². The van der Waals surface area contributed by atoms with E-state index >= 15 is 0 Å². The number of benzene rings is 1. The van der Waals surface area contributed by atoms with Crippen molar-refractivity contribution in [3.05, 3.63) is 46.2 Å². The van der Waals surface area contributed by atoms with Gasteiger partial charge in [0.2, 0.25) is 0 Å². The molecule has 0 bridgehead atoms. The number of para-hydroxylation sites is 1. The molecular formula is C14H15NO2S. The first-order valence-corrected chi connectivity index (χ1v) is 6.49. The summed E-state index contributed by atoms with van der Waals surface area (Å²) in [6, 6.07) is 9.84. The summed E-state index contributed by atoms with van der Waals surface area (Å²) >= 11 is 1.46. The maximum atomic E-state index is 10.7. The van der Waals surface area contributed by atoms with Gasteiger partial charge in [0.05, 0.1) is 12.0 Å². The molecule has 4 heteroatoms. The molecule has 2 rings (SSSR count). The van der Waals surface area contributed by atoms with Crippen molar-refractivity contribution < 1.29 is 9.53 Å². The Hall–Kier alpha value is -1.81. The fraction of sp³-hybridized carbons (Fsp3) is 0.214. The van der Waals surface area contributed by atoms with Crippen molar-refractivity contribution in [3.63, 3.8) is 0 Å². The number of carbonyl (C=O) groups is 1. The van der Waals surface area contributed by atoms with Gasteiger partial charge in [0.15, 0.2) is 6.29 Å². The normalized spacial score (nSPS) is 10.1. The number of nitrogens with zero attached hydrogens (tertiary/aromatic N) is 1. The number of anilines is 1. The molecule has 94 valence electrons. The van der Waals surface area contributed by atoms with Crippen molar-refractivity contribution in [2.24, 2.45) is 0 Å². The largest absolute Gasteiger partial charge is 0.496 e. The maximum absolute atomic E-state index is 10.7. The quantitative estimate of drug-likeness (QED) is 0.774. The van der Waals surface area contributed by atoms with Crippen molar-refractivity contribution in [2.75, 3.05) is 19.1 Å². The molecule has 0 radical (unpaired) electrons. The Labute approximate surface area is 111 Å². The molecule has 1 aromatic carbocycles. The average Bonchev–Trinajstić information content (AvgIpc) is 2.88. The number of hydrogen-bond acceptors (Lipinski definition) is 4. The van der Waals surface area contributed by atoms with Gasteiger partial charge in [0.1, 0.15) is 5.75 Å². The summed E-state index contributed by atoms with van der Waals surface area (Å²) in [6.07, 6.45) is 0.880. The van der Waals surface area contributed by atoms with Crippen LogP contribution in [0.2, 0.25) is 0 Å². The monoisotopic (exact) mass is 261 g/mol. The maximum Gasteiger partial charge on any atom is 0.160 e. The van der Waals surface area contributed by atoms with Gasteiger partial charge in [-0.05, 0) is 12.1 Å². The number of thiophene rings is 1. The Bertz CT molecular complexity index is 536. The van der Waals surface area contributed by atoms with Crippen LogP contribution in [0, 0.1) is 0 Å². The van der Waals surface area contributed by atoms with Crippen molar-refractivity contribution in [1.29, 1.82) is 0 Å². The van der Waals surface area contributed by atoms with E-state index in [0.29, 0.717) is 0 Å². The van der Waals surface area contributed by atoms with E-state index in [0.717, 1.165) is 34.7 Å². The second-order valence-corrected chi connectivity index (χ2v) is 4.94. The van der Waals surface area contributed by atoms with Crippen LogP contribution in [0.3, 0.4) is 0 Å². The zero-order valence-corrected chi connectivity index (χ0v) is 11.2. The highest BCUT2D eigenvalue weighted by Gasteiger charge is 2.08. The van der Waals surface area contributed by atoms with E-state index in [1.165, 1.54) is 11.3 Å². The van der Waals surface area contributed by atoms with Gasteiger partial charge >= 0.3 is 0 Å². The lowest BCUT2D eigenvalue weighted by Crippen LogP contribution is -2.16. The van der Waals surface area contributed by atoms with E-state index in [1.54, 1.807) is 7.11 Å². The average molecular weight is 261 g/mol. The standard InChI is InChI=1S/C14H15NO2S/c1-15(12-7-13(9-16)18-10-12)8-11-5-3-4-6-14(11)17-2/h3-7,9-10H,8H2,1-2H3. The minimum Gasteiger partial charge on any atom is -0.496 e. The molecule has 3 nitrogen and oxygen atoms in total. The Balaban J connectivity index is 2.15. The van der Waals surface area contributed by atoms with Crippen LogP contribution in [0.4, 0.5) is 5.69 Å². The molecule has 0 fully saturated rings. The lowest BCUT2D eigenvalue weighted by Gasteiger charge is -2.19. The van der Waals surface area contributed by atoms with E-state index in [-0.39, 0.29) is 0 Å². The molecule has 2 aromatic rings. The van der Waals surface area contributed by atoms with Crippen LogP contribution in [0.5, 0.6) is 5.75 Å². The molecule has 0 saturated heterocycles. The van der Waals surface area contributed by atoms with E-state index in [4.69, 9.17) is 4.74 Å². The molecule has 0 spiro atoms. The Morgan fingerprint density at radius 1 is 1.39 bits per heavy atom. The molecule has 0 saturated carbocycles. The first-order chi connectivity index (χ1) is 8.74. The highest BCUT2D eigenvalue weighted by atomic mass is 32.1. The number of ether oxygens (including phenoxy) is 1. The van der Waals surface area contributed by atoms with Crippen LogP contribution in [0.25, 0.3) is 0 Å². The first-order valence-electron chi connectivity index (χ1n) is 5.61. The third-order valence-electron chi connectivity index (χ3n) is 2.76. The second-order valence-electron chi connectivity index (χ2n) is 3.99. The summed E-state index contributed by atoms with van der Waals surface area (Å²) in [5, 5.41) is 1.99. The summed E-state index contributed by atoms with van der Waals surface area (Å²) in [5.41, 5.74) is 2.18. The molecule has 0 unspecified atom stereocenters. The molecule has 1 aromatic heterocycles. The van der Waals surface area contributed by atoms with E-state index in [1.807, 2.05) is 42.8 Å². The van der Waals surface area contributed by atoms with Crippen LogP contribution < -0.4 is 9.64 Å². The van der Waals surface area contributed by atoms with Crippen LogP contribution in [0.15, 0.2) is 35.7 Å². The SMILES string of the molecule is COc1ccccc1CN(C)c1csc(C=O)c1. The van der Waals surface area contributed by atoms with Crippen LogP contribution in [-0.2, 0) is 6.54 Å². The van der Waals surface area contributed by atoms with Crippen LogP contribution in [0.1, 0.15) is 15.2 Å². The minimum atomic E-state index is 0.747. The van der Waals surface area contributed by atoms with Gasteiger partial charge in [-0.15, -0.1) is 11.3 Å². The summed E-state index contributed by atoms with van der Waals surface area (Å²) in [6.45, 7) is 0.749. The Morgan fingerprint density at radius 2 is 2.17 bits per heavy atom. The van der Waals surface area contributed by atoms with E-state index < -0.39 is 0 Å². The van der Waals surface area contributed by atoms with Gasteiger partial charge in [0.25, 0.3) is 0 Å². The molecule has 0 atom stereocenters. The molecule has 0 N–H and O–H groups in total. The lowest BCUT2D eigenvalue weighted by atomic mass is 10.2. The Morgan fingerprint density at radius 3 is 2.83 bits per heavy atom. The van der Waals surface area contributed by atoms with Crippen molar-refractivity contribution in [3.8, 4) is 5.75 Å². The zero-order chi connectivity index (χ0) is 13.0. The number of methoxy groups -OCH3 is 1. The highest BCUT2D eigenvalue weighted by Crippen LogP contribution is 2.25. The zero-order valence-electron chi connectivity index (χ0n) is 10.4. The molecule has 18 heavy (non-hydrogen) atoms. The lowest BCUT2D eigenvalue weighted by molar-refractivity contribution is 0.112. The number of hydrogen-bond donors (Lipinski definition) is 0. The summed E-state index contributed by atoms with van der Waals surface area (Å²) in [7, 11) is 3.68. The predicted molar refractivity (Wildman–Crippen MR) is 74.8 cm³/mol. The topological polar surface area (TPSA) is 29.5 Å². The smallest absolute Gasteiger partial charge is 0.160 e. The molecule has 0 amide bonds. The molecule has 0 aliphatic heterocycles. The van der Waals surface area contributed by atoms with Gasteiger partial charge in [-0.1, -0.05) is 18.2 Å². The number of aldehydes is 1. The minimum absolute atomic E-state index is 0.747. The highest BCUT2D eigenvalue weighted by molar-refractivity contribution is 7.12.